The summed E-state index contributed by atoms with van der Waals surface area (Å²) in [6.07, 6.45) is 0.325. The normalized spacial score (nSPS) is 21.0. The number of likely N-dealkylation sites (tertiary alicyclic amines) is 1. The van der Waals surface area contributed by atoms with Gasteiger partial charge in [0.25, 0.3) is 5.91 Å². The van der Waals surface area contributed by atoms with Crippen LogP contribution in [0.15, 0.2) is 0 Å². The number of hydrogen-bond acceptors (Lipinski definition) is 4. The Morgan fingerprint density at radius 1 is 1.60 bits per heavy atom. The fraction of sp³-hybridized carbons (Fsp3) is 0.600. The molecule has 15 heavy (non-hydrogen) atoms. The standard InChI is InChI=1S/C10H14N2O2S/c1-6-9(15-7(2)11-6)10(14)12-4-3-8(13)5-12/h8,13H,3-5H2,1-2H3/t8-/m1/s1. The molecule has 1 aromatic rings. The van der Waals surface area contributed by atoms with Gasteiger partial charge in [-0.2, -0.15) is 0 Å². The van der Waals surface area contributed by atoms with Gasteiger partial charge in [0.15, 0.2) is 0 Å². The highest BCUT2D eigenvalue weighted by atomic mass is 32.1. The van der Waals surface area contributed by atoms with Gasteiger partial charge in [-0.1, -0.05) is 0 Å². The molecule has 5 heteroatoms. The van der Waals surface area contributed by atoms with Crippen LogP contribution in [-0.4, -0.2) is 40.1 Å². The zero-order valence-electron chi connectivity index (χ0n) is 8.86. The maximum absolute atomic E-state index is 12.0. The van der Waals surface area contributed by atoms with E-state index in [1.54, 1.807) is 4.90 Å². The molecular formula is C10H14N2O2S. The molecule has 82 valence electrons. The summed E-state index contributed by atoms with van der Waals surface area (Å²) in [5, 5.41) is 10.3. The molecule has 1 atom stereocenters. The third kappa shape index (κ3) is 2.03. The molecule has 0 radical (unpaired) electrons. The fourth-order valence-electron chi connectivity index (χ4n) is 1.80. The second kappa shape index (κ2) is 3.90. The second-order valence-electron chi connectivity index (χ2n) is 3.84. The van der Waals surface area contributed by atoms with Gasteiger partial charge < -0.3 is 10.0 Å². The van der Waals surface area contributed by atoms with E-state index in [1.165, 1.54) is 11.3 Å². The van der Waals surface area contributed by atoms with Crippen molar-refractivity contribution >= 4 is 17.2 Å². The van der Waals surface area contributed by atoms with Crippen molar-refractivity contribution in [2.75, 3.05) is 13.1 Å². The van der Waals surface area contributed by atoms with Crippen molar-refractivity contribution in [1.29, 1.82) is 0 Å². The number of rotatable bonds is 1. The molecule has 0 spiro atoms. The van der Waals surface area contributed by atoms with Crippen molar-refractivity contribution in [2.45, 2.75) is 26.4 Å². The molecule has 1 amide bonds. The van der Waals surface area contributed by atoms with Gasteiger partial charge in [0.05, 0.1) is 16.8 Å². The molecule has 2 heterocycles. The Morgan fingerprint density at radius 3 is 2.80 bits per heavy atom. The first-order valence-corrected chi connectivity index (χ1v) is 5.81. The molecule has 1 saturated heterocycles. The van der Waals surface area contributed by atoms with Crippen molar-refractivity contribution in [3.63, 3.8) is 0 Å². The summed E-state index contributed by atoms with van der Waals surface area (Å²) in [6, 6.07) is 0. The zero-order chi connectivity index (χ0) is 11.0. The number of carbonyl (C=O) groups is 1. The third-order valence-electron chi connectivity index (χ3n) is 2.55. The lowest BCUT2D eigenvalue weighted by Crippen LogP contribution is -2.29. The lowest BCUT2D eigenvalue weighted by atomic mass is 10.3. The number of β-amino-alcohol motifs (C(OH)–C–C–N with tert-alkyl or cyclic N) is 1. The highest BCUT2D eigenvalue weighted by molar-refractivity contribution is 7.13. The number of aromatic nitrogens is 1. The average molecular weight is 226 g/mol. The first-order valence-electron chi connectivity index (χ1n) is 4.99. The van der Waals surface area contributed by atoms with E-state index in [0.29, 0.717) is 24.4 Å². The summed E-state index contributed by atoms with van der Waals surface area (Å²) in [4.78, 5) is 18.7. The number of aliphatic hydroxyl groups excluding tert-OH is 1. The van der Waals surface area contributed by atoms with E-state index < -0.39 is 0 Å². The Bertz CT molecular complexity index is 389. The molecule has 4 nitrogen and oxygen atoms in total. The van der Waals surface area contributed by atoms with Crippen LogP contribution in [0.1, 0.15) is 26.8 Å². The number of nitrogens with zero attached hydrogens (tertiary/aromatic N) is 2. The van der Waals surface area contributed by atoms with E-state index in [1.807, 2.05) is 13.8 Å². The van der Waals surface area contributed by atoms with E-state index in [4.69, 9.17) is 0 Å². The van der Waals surface area contributed by atoms with E-state index in [9.17, 15) is 9.90 Å². The second-order valence-corrected chi connectivity index (χ2v) is 5.04. The molecule has 1 aromatic heterocycles. The van der Waals surface area contributed by atoms with E-state index in [-0.39, 0.29) is 12.0 Å². The van der Waals surface area contributed by atoms with Gasteiger partial charge in [0.1, 0.15) is 4.88 Å². The number of carbonyl (C=O) groups excluding carboxylic acids is 1. The lowest BCUT2D eigenvalue weighted by Gasteiger charge is -2.14. The Balaban J connectivity index is 2.17. The molecule has 2 rings (SSSR count). The zero-order valence-corrected chi connectivity index (χ0v) is 9.67. The van der Waals surface area contributed by atoms with Crippen LogP contribution >= 0.6 is 11.3 Å². The van der Waals surface area contributed by atoms with E-state index in [2.05, 4.69) is 4.98 Å². The Kier molecular flexibility index (Phi) is 2.75. The maximum atomic E-state index is 12.0. The monoisotopic (exact) mass is 226 g/mol. The number of hydrogen-bond donors (Lipinski definition) is 1. The molecule has 0 saturated carbocycles. The van der Waals surface area contributed by atoms with Crippen LogP contribution in [0.2, 0.25) is 0 Å². The van der Waals surface area contributed by atoms with Gasteiger partial charge in [-0.25, -0.2) is 4.98 Å². The number of aryl methyl sites for hydroxylation is 2. The SMILES string of the molecule is Cc1nc(C)c(C(=O)N2CC[C@@H](O)C2)s1. The summed E-state index contributed by atoms with van der Waals surface area (Å²) in [5.41, 5.74) is 0.795. The largest absolute Gasteiger partial charge is 0.391 e. The van der Waals surface area contributed by atoms with Gasteiger partial charge in [-0.15, -0.1) is 11.3 Å². The third-order valence-corrected chi connectivity index (χ3v) is 3.61. The molecule has 0 bridgehead atoms. The van der Waals surface area contributed by atoms with Gasteiger partial charge in [-0.3, -0.25) is 4.79 Å². The highest BCUT2D eigenvalue weighted by Crippen LogP contribution is 2.21. The van der Waals surface area contributed by atoms with Crippen LogP contribution in [0.3, 0.4) is 0 Å². The number of aliphatic hydroxyl groups is 1. The first-order chi connectivity index (χ1) is 7.08. The Morgan fingerprint density at radius 2 is 2.33 bits per heavy atom. The van der Waals surface area contributed by atoms with Crippen molar-refractivity contribution in [3.05, 3.63) is 15.6 Å². The van der Waals surface area contributed by atoms with Crippen molar-refractivity contribution in [3.8, 4) is 0 Å². The Labute approximate surface area is 92.6 Å². The highest BCUT2D eigenvalue weighted by Gasteiger charge is 2.27. The summed E-state index contributed by atoms with van der Waals surface area (Å²) in [6.45, 7) is 4.85. The molecule has 0 aromatic carbocycles. The summed E-state index contributed by atoms with van der Waals surface area (Å²) < 4.78 is 0. The molecule has 1 fully saturated rings. The summed E-state index contributed by atoms with van der Waals surface area (Å²) in [7, 11) is 0. The minimum Gasteiger partial charge on any atom is -0.391 e. The molecule has 0 unspecified atom stereocenters. The maximum Gasteiger partial charge on any atom is 0.265 e. The molecule has 0 aliphatic carbocycles. The minimum absolute atomic E-state index is 0.00894. The van der Waals surface area contributed by atoms with Crippen LogP contribution in [0.25, 0.3) is 0 Å². The molecule has 1 N–H and O–H groups in total. The predicted octanol–water partition coefficient (Wildman–Crippen LogP) is 0.967. The predicted molar refractivity (Wildman–Crippen MR) is 58.1 cm³/mol. The summed E-state index contributed by atoms with van der Waals surface area (Å²) in [5.74, 6) is 0.00894. The van der Waals surface area contributed by atoms with Gasteiger partial charge in [0, 0.05) is 13.1 Å². The number of amides is 1. The lowest BCUT2D eigenvalue weighted by molar-refractivity contribution is 0.0769. The minimum atomic E-state index is -0.358. The van der Waals surface area contributed by atoms with Gasteiger partial charge in [-0.05, 0) is 20.3 Å². The van der Waals surface area contributed by atoms with Crippen molar-refractivity contribution in [1.82, 2.24) is 9.88 Å². The Hall–Kier alpha value is -0.940. The van der Waals surface area contributed by atoms with Crippen LogP contribution in [0.5, 0.6) is 0 Å². The smallest absolute Gasteiger partial charge is 0.265 e. The van der Waals surface area contributed by atoms with E-state index in [0.717, 1.165) is 10.7 Å². The van der Waals surface area contributed by atoms with Gasteiger partial charge >= 0.3 is 0 Å². The quantitative estimate of drug-likeness (QED) is 0.776. The molecule has 1 aliphatic rings. The molecular weight excluding hydrogens is 212 g/mol. The van der Waals surface area contributed by atoms with Crippen LogP contribution < -0.4 is 0 Å². The van der Waals surface area contributed by atoms with Crippen LogP contribution in [0, 0.1) is 13.8 Å². The first kappa shape index (κ1) is 10.6. The van der Waals surface area contributed by atoms with E-state index >= 15 is 0 Å². The fourth-order valence-corrected chi connectivity index (χ4v) is 2.69. The van der Waals surface area contributed by atoms with Crippen molar-refractivity contribution < 1.29 is 9.90 Å². The van der Waals surface area contributed by atoms with Crippen molar-refractivity contribution in [2.24, 2.45) is 0 Å². The molecule has 1 aliphatic heterocycles. The summed E-state index contributed by atoms with van der Waals surface area (Å²) >= 11 is 1.43. The average Bonchev–Trinajstić information content (AvgIpc) is 2.71. The van der Waals surface area contributed by atoms with Crippen LogP contribution in [0.4, 0.5) is 0 Å². The van der Waals surface area contributed by atoms with Crippen LogP contribution in [-0.2, 0) is 0 Å². The topological polar surface area (TPSA) is 53.4 Å². The van der Waals surface area contributed by atoms with Gasteiger partial charge in [0.2, 0.25) is 0 Å². The number of thiazole rings is 1.